The summed E-state index contributed by atoms with van der Waals surface area (Å²) in [5, 5.41) is 6.89. The highest BCUT2D eigenvalue weighted by atomic mass is 35.5. The lowest BCUT2D eigenvalue weighted by molar-refractivity contribution is -0.00602. The minimum absolute atomic E-state index is 0.187. The number of carbonyl (C=O) groups is 1. The Bertz CT molecular complexity index is 883. The Morgan fingerprint density at radius 2 is 2.24 bits per heavy atom. The lowest BCUT2D eigenvalue weighted by Crippen LogP contribution is -2.44. The molecule has 9 heteroatoms. The molecule has 1 aromatic carbocycles. The third kappa shape index (κ3) is 3.15. The van der Waals surface area contributed by atoms with Crippen molar-refractivity contribution in [1.82, 2.24) is 20.0 Å². The summed E-state index contributed by atoms with van der Waals surface area (Å²) in [7, 11) is 0. The predicted octanol–water partition coefficient (Wildman–Crippen LogP) is 3.06. The van der Waals surface area contributed by atoms with E-state index in [0.717, 1.165) is 5.56 Å². The number of carbonyl (C=O) groups excluding carboxylic acids is 1. The summed E-state index contributed by atoms with van der Waals surface area (Å²) in [5.41, 5.74) is 1.18. The van der Waals surface area contributed by atoms with Crippen LogP contribution in [0.25, 0.3) is 10.6 Å². The average molecular weight is 377 g/mol. The predicted molar refractivity (Wildman–Crippen MR) is 91.5 cm³/mol. The van der Waals surface area contributed by atoms with Gasteiger partial charge in [0.15, 0.2) is 5.82 Å². The van der Waals surface area contributed by atoms with Crippen LogP contribution in [0.2, 0.25) is 5.02 Å². The van der Waals surface area contributed by atoms with Gasteiger partial charge in [0.2, 0.25) is 6.39 Å². The Kier molecular flexibility index (Phi) is 4.48. The number of thiazole rings is 1. The van der Waals surface area contributed by atoms with Crippen LogP contribution in [0, 0.1) is 0 Å². The molecule has 1 saturated heterocycles. The number of hydrogen-bond donors (Lipinski definition) is 0. The topological polar surface area (TPSA) is 81.4 Å². The van der Waals surface area contributed by atoms with Crippen LogP contribution in [-0.2, 0) is 4.74 Å². The number of rotatable bonds is 3. The van der Waals surface area contributed by atoms with Gasteiger partial charge in [-0.25, -0.2) is 4.98 Å². The Balaban J connectivity index is 1.61. The van der Waals surface area contributed by atoms with Crippen molar-refractivity contribution < 1.29 is 14.1 Å². The van der Waals surface area contributed by atoms with E-state index in [1.165, 1.54) is 17.7 Å². The second-order valence-corrected chi connectivity index (χ2v) is 6.66. The molecule has 7 nitrogen and oxygen atoms in total. The minimum Gasteiger partial charge on any atom is -0.377 e. The zero-order valence-electron chi connectivity index (χ0n) is 13.0. The van der Waals surface area contributed by atoms with Gasteiger partial charge in [-0.2, -0.15) is 4.98 Å². The summed E-state index contributed by atoms with van der Waals surface area (Å²) in [6.45, 7) is 1.23. The van der Waals surface area contributed by atoms with Gasteiger partial charge in [-0.1, -0.05) is 35.0 Å². The van der Waals surface area contributed by atoms with Crippen molar-refractivity contribution >= 4 is 28.8 Å². The second-order valence-electron chi connectivity index (χ2n) is 5.40. The normalized spacial score (nSPS) is 17.6. The highest BCUT2D eigenvalue weighted by molar-refractivity contribution is 7.13. The maximum absolute atomic E-state index is 12.9. The maximum atomic E-state index is 12.9. The fraction of sp³-hybridized carbons (Fsp3) is 0.250. The molecular formula is C16H13ClN4O3S. The van der Waals surface area contributed by atoms with Crippen LogP contribution >= 0.6 is 22.9 Å². The first-order chi connectivity index (χ1) is 12.2. The van der Waals surface area contributed by atoms with Crippen LogP contribution in [0.1, 0.15) is 22.4 Å². The highest BCUT2D eigenvalue weighted by Crippen LogP contribution is 2.31. The van der Waals surface area contributed by atoms with Gasteiger partial charge in [-0.05, 0) is 6.07 Å². The summed E-state index contributed by atoms with van der Waals surface area (Å²) >= 11 is 7.60. The minimum atomic E-state index is -0.384. The van der Waals surface area contributed by atoms with E-state index in [-0.39, 0.29) is 11.9 Å². The molecule has 3 aromatic rings. The average Bonchev–Trinajstić information content (AvgIpc) is 3.34. The van der Waals surface area contributed by atoms with E-state index in [9.17, 15) is 4.79 Å². The lowest BCUT2D eigenvalue weighted by atomic mass is 10.2. The number of aromatic nitrogens is 3. The highest BCUT2D eigenvalue weighted by Gasteiger charge is 2.33. The first kappa shape index (κ1) is 16.2. The smallest absolute Gasteiger partial charge is 0.274 e. The molecule has 1 aliphatic rings. The van der Waals surface area contributed by atoms with Crippen molar-refractivity contribution in [3.8, 4) is 10.6 Å². The molecule has 128 valence electrons. The number of ether oxygens (including phenoxy) is 1. The van der Waals surface area contributed by atoms with Crippen molar-refractivity contribution in [2.75, 3.05) is 19.8 Å². The largest absolute Gasteiger partial charge is 0.377 e. The fourth-order valence-electron chi connectivity index (χ4n) is 2.66. The molecule has 1 fully saturated rings. The van der Waals surface area contributed by atoms with Gasteiger partial charge in [-0.3, -0.25) is 4.79 Å². The third-order valence-corrected chi connectivity index (χ3v) is 5.10. The Hall–Kier alpha value is -2.29. The molecule has 0 radical (unpaired) electrons. The molecule has 1 amide bonds. The zero-order chi connectivity index (χ0) is 17.2. The molecular weight excluding hydrogens is 364 g/mol. The van der Waals surface area contributed by atoms with Gasteiger partial charge in [0.25, 0.3) is 5.91 Å². The van der Waals surface area contributed by atoms with Gasteiger partial charge >= 0.3 is 0 Å². The summed E-state index contributed by atoms with van der Waals surface area (Å²) in [5.74, 6) is 0.238. The van der Waals surface area contributed by atoms with Crippen molar-refractivity contribution in [2.24, 2.45) is 0 Å². The molecule has 4 rings (SSSR count). The first-order valence-corrected chi connectivity index (χ1v) is 8.85. The summed E-state index contributed by atoms with van der Waals surface area (Å²) in [4.78, 5) is 23.1. The van der Waals surface area contributed by atoms with Crippen molar-refractivity contribution in [3.63, 3.8) is 0 Å². The monoisotopic (exact) mass is 376 g/mol. The molecule has 0 N–H and O–H groups in total. The molecule has 0 spiro atoms. The number of amides is 1. The van der Waals surface area contributed by atoms with Crippen LogP contribution < -0.4 is 0 Å². The van der Waals surface area contributed by atoms with Gasteiger partial charge in [0, 0.05) is 17.5 Å². The number of nitrogens with zero attached hydrogens (tertiary/aromatic N) is 4. The summed E-state index contributed by atoms with van der Waals surface area (Å²) < 4.78 is 10.3. The van der Waals surface area contributed by atoms with E-state index < -0.39 is 0 Å². The molecule has 0 unspecified atom stereocenters. The Labute approximate surface area is 152 Å². The fourth-order valence-corrected chi connectivity index (χ4v) is 3.78. The number of benzene rings is 1. The quantitative estimate of drug-likeness (QED) is 0.698. The third-order valence-electron chi connectivity index (χ3n) is 3.89. The maximum Gasteiger partial charge on any atom is 0.274 e. The van der Waals surface area contributed by atoms with Crippen LogP contribution in [0.5, 0.6) is 0 Å². The van der Waals surface area contributed by atoms with Crippen LogP contribution in [0.15, 0.2) is 40.6 Å². The van der Waals surface area contributed by atoms with Crippen LogP contribution in [0.4, 0.5) is 0 Å². The van der Waals surface area contributed by atoms with Gasteiger partial charge in [0.1, 0.15) is 16.7 Å². The standard InChI is InChI=1S/C16H13ClN4O3S/c17-11-4-2-1-3-10(11)15-19-12(8-25-15)16(22)21-5-6-23-7-13(21)14-18-9-24-20-14/h1-4,8-9,13H,5-7H2/t13-/m0/s1. The van der Waals surface area contributed by atoms with Crippen molar-refractivity contribution in [2.45, 2.75) is 6.04 Å². The van der Waals surface area contributed by atoms with E-state index in [0.29, 0.717) is 41.3 Å². The second kappa shape index (κ2) is 6.91. The number of halogens is 1. The van der Waals surface area contributed by atoms with Gasteiger partial charge in [-0.15, -0.1) is 11.3 Å². The molecule has 0 aliphatic carbocycles. The zero-order valence-corrected chi connectivity index (χ0v) is 14.5. The molecule has 0 saturated carbocycles. The molecule has 3 heterocycles. The van der Waals surface area contributed by atoms with E-state index in [4.69, 9.17) is 20.9 Å². The molecule has 0 bridgehead atoms. The van der Waals surface area contributed by atoms with Gasteiger partial charge < -0.3 is 14.2 Å². The summed E-state index contributed by atoms with van der Waals surface area (Å²) in [6, 6.07) is 7.04. The van der Waals surface area contributed by atoms with Crippen LogP contribution in [0.3, 0.4) is 0 Å². The van der Waals surface area contributed by atoms with Crippen molar-refractivity contribution in [1.29, 1.82) is 0 Å². The van der Waals surface area contributed by atoms with E-state index in [1.807, 2.05) is 18.2 Å². The lowest BCUT2D eigenvalue weighted by Gasteiger charge is -2.33. The van der Waals surface area contributed by atoms with E-state index in [1.54, 1.807) is 16.3 Å². The van der Waals surface area contributed by atoms with Gasteiger partial charge in [0.05, 0.1) is 18.2 Å². The Morgan fingerprint density at radius 1 is 1.36 bits per heavy atom. The van der Waals surface area contributed by atoms with Crippen molar-refractivity contribution in [3.05, 3.63) is 52.6 Å². The molecule has 25 heavy (non-hydrogen) atoms. The molecule has 2 aromatic heterocycles. The molecule has 1 atom stereocenters. The van der Waals surface area contributed by atoms with E-state index in [2.05, 4.69) is 15.1 Å². The van der Waals surface area contributed by atoms with Crippen LogP contribution in [-0.4, -0.2) is 45.7 Å². The number of hydrogen-bond acceptors (Lipinski definition) is 7. The number of morpholine rings is 1. The molecule has 1 aliphatic heterocycles. The summed E-state index contributed by atoms with van der Waals surface area (Å²) in [6.07, 6.45) is 1.24. The Morgan fingerprint density at radius 3 is 3.04 bits per heavy atom. The SMILES string of the molecule is O=C(c1csc(-c2ccccc2Cl)n1)N1CCOC[C@H]1c1ncon1. The van der Waals surface area contributed by atoms with E-state index >= 15 is 0 Å². The first-order valence-electron chi connectivity index (χ1n) is 7.59.